The molecular weight excluding hydrogens is 203 g/mol. The minimum Gasteiger partial charge on any atom is -0.358 e. The average Bonchev–Trinajstić information content (AvgIpc) is 2.67. The molecule has 0 aromatic carbocycles. The van der Waals surface area contributed by atoms with E-state index in [2.05, 4.69) is 24.3 Å². The van der Waals surface area contributed by atoms with Crippen LogP contribution in [-0.4, -0.2) is 0 Å². The van der Waals surface area contributed by atoms with Gasteiger partial charge in [-0.05, 0) is 0 Å². The van der Waals surface area contributed by atoms with Crippen molar-refractivity contribution in [2.75, 3.05) is 0 Å². The van der Waals surface area contributed by atoms with Gasteiger partial charge in [-0.1, -0.05) is 0 Å². The van der Waals surface area contributed by atoms with Crippen molar-refractivity contribution in [2.45, 2.75) is 12.8 Å². The Labute approximate surface area is 93.0 Å². The Bertz CT molecular complexity index is 143. The Morgan fingerprint density at radius 3 is 1.23 bits per heavy atom. The van der Waals surface area contributed by atoms with Crippen molar-refractivity contribution < 1.29 is 16.5 Å². The van der Waals surface area contributed by atoms with Crippen molar-refractivity contribution >= 4 is 0 Å². The maximum absolute atomic E-state index is 2.99. The van der Waals surface area contributed by atoms with Gasteiger partial charge in [-0.2, -0.15) is 12.2 Å². The molecule has 0 unspecified atom stereocenters. The Balaban J connectivity index is -0.000000125. The van der Waals surface area contributed by atoms with Crippen LogP contribution in [0.25, 0.3) is 0 Å². The number of rotatable bonds is 0. The fourth-order valence-corrected chi connectivity index (χ4v) is 0.680. The van der Waals surface area contributed by atoms with Gasteiger partial charge in [-0.15, -0.1) is 12.8 Å². The van der Waals surface area contributed by atoms with Gasteiger partial charge in [-0.25, -0.2) is 24.3 Å². The Morgan fingerprint density at radius 1 is 0.769 bits per heavy atom. The van der Waals surface area contributed by atoms with Crippen LogP contribution in [0.5, 0.6) is 0 Å². The molecular formula is C12H16Ni-4. The van der Waals surface area contributed by atoms with E-state index < -0.39 is 0 Å². The van der Waals surface area contributed by atoms with Crippen LogP contribution in [0.15, 0.2) is 36.5 Å². The maximum Gasteiger partial charge on any atom is 0 e. The monoisotopic (exact) mass is 218 g/mol. The molecule has 0 N–H and O–H groups in total. The Hall–Kier alpha value is -0.546. The third kappa shape index (κ3) is 11.5. The van der Waals surface area contributed by atoms with Crippen LogP contribution in [0.4, 0.5) is 0 Å². The molecule has 1 heteroatoms. The fraction of sp³-hybridized carbons (Fsp3) is 0.167. The number of hydrogen-bond acceptors (Lipinski definition) is 0. The first kappa shape index (κ1) is 18.3. The SMILES string of the molecule is [C-]1=CC=CC1.[C-]1=CC=CC1.[CH3-].[CH3-].[Ni]. The largest absolute Gasteiger partial charge is 0.358 e. The fourth-order valence-electron chi connectivity index (χ4n) is 0.680. The molecule has 13 heavy (non-hydrogen) atoms. The van der Waals surface area contributed by atoms with Gasteiger partial charge in [0.1, 0.15) is 0 Å². The summed E-state index contributed by atoms with van der Waals surface area (Å²) in [6, 6.07) is 0. The molecule has 0 heterocycles. The Morgan fingerprint density at radius 2 is 1.15 bits per heavy atom. The van der Waals surface area contributed by atoms with E-state index in [1.54, 1.807) is 0 Å². The normalized spacial score (nSPS) is 13.5. The van der Waals surface area contributed by atoms with Crippen LogP contribution < -0.4 is 0 Å². The van der Waals surface area contributed by atoms with Crippen molar-refractivity contribution in [3.63, 3.8) is 0 Å². The smallest absolute Gasteiger partial charge is 0 e. The summed E-state index contributed by atoms with van der Waals surface area (Å²) >= 11 is 0. The van der Waals surface area contributed by atoms with Gasteiger partial charge in [0.25, 0.3) is 0 Å². The molecule has 0 bridgehead atoms. The molecule has 0 fully saturated rings. The first-order valence-corrected chi connectivity index (χ1v) is 3.43. The van der Waals surface area contributed by atoms with Gasteiger partial charge >= 0.3 is 0 Å². The quantitative estimate of drug-likeness (QED) is 0.432. The summed E-state index contributed by atoms with van der Waals surface area (Å²) in [7, 11) is 0. The van der Waals surface area contributed by atoms with Crippen molar-refractivity contribution in [1.82, 2.24) is 0 Å². The maximum atomic E-state index is 2.99. The predicted octanol–water partition coefficient (Wildman–Crippen LogP) is 3.51. The minimum absolute atomic E-state index is 0. The summed E-state index contributed by atoms with van der Waals surface area (Å²) in [5.74, 6) is 0. The first-order chi connectivity index (χ1) is 5.00. The molecule has 0 saturated carbocycles. The van der Waals surface area contributed by atoms with Crippen LogP contribution >= 0.6 is 0 Å². The van der Waals surface area contributed by atoms with Gasteiger partial charge in [0.05, 0.1) is 0 Å². The zero-order chi connectivity index (χ0) is 7.07. The summed E-state index contributed by atoms with van der Waals surface area (Å²) in [6.07, 6.45) is 20.0. The van der Waals surface area contributed by atoms with Crippen LogP contribution in [0, 0.1) is 27.0 Å². The van der Waals surface area contributed by atoms with Crippen LogP contribution in [0.1, 0.15) is 12.8 Å². The third-order valence-corrected chi connectivity index (χ3v) is 1.17. The summed E-state index contributed by atoms with van der Waals surface area (Å²) in [5, 5.41) is 0. The molecule has 2 aliphatic rings. The molecule has 0 aliphatic heterocycles. The second-order valence-electron chi connectivity index (χ2n) is 2.01. The van der Waals surface area contributed by atoms with E-state index in [4.69, 9.17) is 0 Å². The zero-order valence-corrected chi connectivity index (χ0v) is 9.18. The van der Waals surface area contributed by atoms with Crippen molar-refractivity contribution in [1.29, 1.82) is 0 Å². The molecule has 0 radical (unpaired) electrons. The minimum atomic E-state index is 0. The van der Waals surface area contributed by atoms with Crippen LogP contribution in [-0.2, 0) is 16.5 Å². The van der Waals surface area contributed by atoms with E-state index in [0.29, 0.717) is 0 Å². The standard InChI is InChI=1S/2C5H5.2CH3.Ni/c2*1-2-4-5-3-1;;;/h2*1-3H,4H2;2*1H3;/q4*-1;. The van der Waals surface area contributed by atoms with E-state index in [-0.39, 0.29) is 31.3 Å². The number of allylic oxidation sites excluding steroid dienone is 8. The van der Waals surface area contributed by atoms with E-state index in [1.807, 2.05) is 24.3 Å². The van der Waals surface area contributed by atoms with E-state index in [1.165, 1.54) is 0 Å². The predicted molar refractivity (Wildman–Crippen MR) is 56.0 cm³/mol. The molecule has 0 atom stereocenters. The molecule has 0 aromatic rings. The van der Waals surface area contributed by atoms with Gasteiger partial charge in [0, 0.05) is 16.5 Å². The van der Waals surface area contributed by atoms with Gasteiger partial charge in [0.15, 0.2) is 0 Å². The summed E-state index contributed by atoms with van der Waals surface area (Å²) in [4.78, 5) is 0. The second kappa shape index (κ2) is 14.0. The zero-order valence-electron chi connectivity index (χ0n) is 8.19. The van der Waals surface area contributed by atoms with Gasteiger partial charge < -0.3 is 14.9 Å². The van der Waals surface area contributed by atoms with Crippen LogP contribution in [0.3, 0.4) is 0 Å². The molecule has 2 rings (SSSR count). The summed E-state index contributed by atoms with van der Waals surface area (Å²) in [5.41, 5.74) is 0. The van der Waals surface area contributed by atoms with Crippen molar-refractivity contribution in [2.24, 2.45) is 0 Å². The summed E-state index contributed by atoms with van der Waals surface area (Å²) in [6.45, 7) is 0. The third-order valence-electron chi connectivity index (χ3n) is 1.17. The molecule has 0 spiro atoms. The van der Waals surface area contributed by atoms with Crippen molar-refractivity contribution in [3.05, 3.63) is 63.5 Å². The van der Waals surface area contributed by atoms with Crippen molar-refractivity contribution in [3.8, 4) is 0 Å². The molecule has 2 aliphatic carbocycles. The average molecular weight is 219 g/mol. The van der Waals surface area contributed by atoms with E-state index in [9.17, 15) is 0 Å². The molecule has 78 valence electrons. The van der Waals surface area contributed by atoms with E-state index >= 15 is 0 Å². The van der Waals surface area contributed by atoms with Gasteiger partial charge in [-0.3, -0.25) is 12.2 Å². The number of hydrogen-bond donors (Lipinski definition) is 0. The Kier molecular flexibility index (Phi) is 19.7. The summed E-state index contributed by atoms with van der Waals surface area (Å²) < 4.78 is 0. The molecule has 0 aromatic heterocycles. The van der Waals surface area contributed by atoms with Gasteiger partial charge in [0.2, 0.25) is 0 Å². The topological polar surface area (TPSA) is 0 Å². The molecule has 0 amide bonds. The first-order valence-electron chi connectivity index (χ1n) is 3.43. The molecule has 0 nitrogen and oxygen atoms in total. The second-order valence-corrected chi connectivity index (χ2v) is 2.01. The van der Waals surface area contributed by atoms with E-state index in [0.717, 1.165) is 12.8 Å². The van der Waals surface area contributed by atoms with Crippen LogP contribution in [0.2, 0.25) is 0 Å². The molecule has 0 saturated heterocycles.